The maximum atomic E-state index is 12.4. The molecule has 0 radical (unpaired) electrons. The zero-order chi connectivity index (χ0) is 17.7. The summed E-state index contributed by atoms with van der Waals surface area (Å²) in [4.78, 5) is 2.57. The molecule has 1 saturated heterocycles. The number of benzene rings is 1. The summed E-state index contributed by atoms with van der Waals surface area (Å²) < 4.78 is 6.34. The highest BCUT2D eigenvalue weighted by molar-refractivity contribution is 5.62. The quantitative estimate of drug-likeness (QED) is 0.767. The highest BCUT2D eigenvalue weighted by Gasteiger charge is 2.73. The molecule has 26 heavy (non-hydrogen) atoms. The second kappa shape index (κ2) is 4.94. The van der Waals surface area contributed by atoms with Crippen LogP contribution in [-0.4, -0.2) is 59.0 Å². The number of phenols is 1. The van der Waals surface area contributed by atoms with Gasteiger partial charge in [-0.25, -0.2) is 0 Å². The normalized spacial score (nSPS) is 43.1. The molecule has 2 aliphatic heterocycles. The third-order valence-corrected chi connectivity index (χ3v) is 8.14. The monoisotopic (exact) mass is 356 g/mol. The molecule has 5 aliphatic rings. The van der Waals surface area contributed by atoms with Crippen LogP contribution in [0.5, 0.6) is 11.5 Å². The first-order chi connectivity index (χ1) is 12.6. The van der Waals surface area contributed by atoms with Crippen LogP contribution in [0.4, 0.5) is 0 Å². The molecule has 5 nitrogen and oxygen atoms in total. The van der Waals surface area contributed by atoms with Crippen LogP contribution in [0.15, 0.2) is 12.1 Å². The third kappa shape index (κ3) is 1.64. The highest BCUT2D eigenvalue weighted by atomic mass is 16.5. The van der Waals surface area contributed by atoms with E-state index in [-0.39, 0.29) is 29.4 Å². The van der Waals surface area contributed by atoms with E-state index in [1.54, 1.807) is 6.07 Å². The number of ether oxygens (including phenoxy) is 1. The van der Waals surface area contributed by atoms with Crippen molar-refractivity contribution in [2.75, 3.05) is 20.1 Å². The number of likely N-dealkylation sites (N-methyl/N-ethyl adjacent to an activating group) is 1. The fourth-order valence-corrected chi connectivity index (χ4v) is 6.89. The van der Waals surface area contributed by atoms with Crippen molar-refractivity contribution in [2.45, 2.75) is 67.7 Å². The summed E-state index contributed by atoms with van der Waals surface area (Å²) in [5.41, 5.74) is 1.16. The minimum atomic E-state index is -0.843. The molecule has 1 aromatic rings. The van der Waals surface area contributed by atoms with Crippen molar-refractivity contribution in [3.63, 3.8) is 0 Å². The Morgan fingerprint density at radius 3 is 2.88 bits per heavy atom. The van der Waals surface area contributed by atoms with E-state index < -0.39 is 5.60 Å². The Kier molecular flexibility index (Phi) is 2.99. The molecular formula is C21H28N2O3. The van der Waals surface area contributed by atoms with Crippen molar-refractivity contribution >= 4 is 0 Å². The topological polar surface area (TPSA) is 65.0 Å². The summed E-state index contributed by atoms with van der Waals surface area (Å²) in [6, 6.07) is 4.04. The second-order valence-electron chi connectivity index (χ2n) is 9.18. The number of hydrogen-bond acceptors (Lipinski definition) is 5. The first-order valence-electron chi connectivity index (χ1n) is 10.2. The number of aromatic hydroxyl groups is 1. The van der Waals surface area contributed by atoms with E-state index in [1.165, 1.54) is 18.4 Å². The van der Waals surface area contributed by atoms with E-state index in [2.05, 4.69) is 16.3 Å². The summed E-state index contributed by atoms with van der Waals surface area (Å²) in [6.45, 7) is 2.14. The smallest absolute Gasteiger partial charge is 0.165 e. The Morgan fingerprint density at radius 2 is 2.12 bits per heavy atom. The second-order valence-corrected chi connectivity index (χ2v) is 9.18. The lowest BCUT2D eigenvalue weighted by molar-refractivity contribution is -0.199. The standard InChI is InChI=1S/C21H28N2O3/c1-22-15-6-7-17-20-8-9-23(11-12-2-3-12)16(21(15,20)25)10-13-4-5-14(24)19(26-17)18(13)20/h4-5,12,15-17,22,24-25H,2-3,6-11H2,1H3/t15-,16-,17+,20-,21-/m1/s1. The van der Waals surface area contributed by atoms with Gasteiger partial charge in [-0.15, -0.1) is 0 Å². The Balaban J connectivity index is 1.58. The molecule has 3 N–H and O–H groups in total. The molecule has 2 heterocycles. The molecule has 1 aromatic carbocycles. The summed E-state index contributed by atoms with van der Waals surface area (Å²) in [5, 5.41) is 26.3. The molecule has 0 aromatic heterocycles. The maximum absolute atomic E-state index is 12.4. The summed E-state index contributed by atoms with van der Waals surface area (Å²) in [5.74, 6) is 1.70. The van der Waals surface area contributed by atoms with Gasteiger partial charge in [0.05, 0.1) is 5.41 Å². The first-order valence-corrected chi connectivity index (χ1v) is 10.2. The predicted octanol–water partition coefficient (Wildman–Crippen LogP) is 1.54. The lowest BCUT2D eigenvalue weighted by atomic mass is 9.47. The van der Waals surface area contributed by atoms with Crippen LogP contribution in [0.2, 0.25) is 0 Å². The van der Waals surface area contributed by atoms with E-state index in [4.69, 9.17) is 4.74 Å². The van der Waals surface area contributed by atoms with Gasteiger partial charge in [-0.2, -0.15) is 0 Å². The number of phenolic OH excluding ortho intramolecular Hbond substituents is 1. The molecule has 0 unspecified atom stereocenters. The van der Waals surface area contributed by atoms with E-state index >= 15 is 0 Å². The highest BCUT2D eigenvalue weighted by Crippen LogP contribution is 2.65. The largest absolute Gasteiger partial charge is 0.504 e. The molecule has 6 rings (SSSR count). The zero-order valence-corrected chi connectivity index (χ0v) is 15.4. The number of nitrogens with one attached hydrogen (secondary N) is 1. The van der Waals surface area contributed by atoms with Crippen LogP contribution in [0.3, 0.4) is 0 Å². The number of hydrogen-bond donors (Lipinski definition) is 3. The third-order valence-electron chi connectivity index (χ3n) is 8.14. The van der Waals surface area contributed by atoms with Crippen LogP contribution >= 0.6 is 0 Å². The fourth-order valence-electron chi connectivity index (χ4n) is 6.89. The molecule has 5 heteroatoms. The number of nitrogens with zero attached hydrogens (tertiary/aromatic N) is 1. The average molecular weight is 356 g/mol. The van der Waals surface area contributed by atoms with Gasteiger partial charge in [0, 0.05) is 24.2 Å². The summed E-state index contributed by atoms with van der Waals surface area (Å²) in [6.07, 6.45) is 6.25. The number of likely N-dealkylation sites (tertiary alicyclic amines) is 1. The van der Waals surface area contributed by atoms with Crippen molar-refractivity contribution in [2.24, 2.45) is 5.92 Å². The van der Waals surface area contributed by atoms with Crippen molar-refractivity contribution in [3.8, 4) is 11.5 Å². The molecule has 0 amide bonds. The molecule has 3 fully saturated rings. The van der Waals surface area contributed by atoms with Gasteiger partial charge in [-0.3, -0.25) is 4.90 Å². The van der Waals surface area contributed by atoms with Gasteiger partial charge in [0.2, 0.25) is 0 Å². The minimum absolute atomic E-state index is 0.0231. The van der Waals surface area contributed by atoms with Crippen molar-refractivity contribution in [1.29, 1.82) is 0 Å². The van der Waals surface area contributed by atoms with Crippen LogP contribution in [0.1, 0.15) is 43.2 Å². The molecule has 3 aliphatic carbocycles. The van der Waals surface area contributed by atoms with Gasteiger partial charge in [0.15, 0.2) is 11.5 Å². The molecule has 1 spiro atoms. The van der Waals surface area contributed by atoms with Gasteiger partial charge < -0.3 is 20.3 Å². The van der Waals surface area contributed by atoms with Crippen molar-refractivity contribution in [3.05, 3.63) is 23.3 Å². The van der Waals surface area contributed by atoms with Gasteiger partial charge in [-0.1, -0.05) is 6.07 Å². The summed E-state index contributed by atoms with van der Waals surface area (Å²) in [7, 11) is 1.98. The molecular weight excluding hydrogens is 328 g/mol. The number of aliphatic hydroxyl groups is 1. The van der Waals surface area contributed by atoms with E-state index in [0.717, 1.165) is 50.3 Å². The van der Waals surface area contributed by atoms with E-state index in [9.17, 15) is 10.2 Å². The minimum Gasteiger partial charge on any atom is -0.504 e. The van der Waals surface area contributed by atoms with Gasteiger partial charge in [0.1, 0.15) is 11.7 Å². The van der Waals surface area contributed by atoms with Crippen LogP contribution in [0.25, 0.3) is 0 Å². The molecule has 2 bridgehead atoms. The number of piperidine rings is 1. The first kappa shape index (κ1) is 15.7. The lowest BCUT2D eigenvalue weighted by Gasteiger charge is -2.65. The summed E-state index contributed by atoms with van der Waals surface area (Å²) >= 11 is 0. The van der Waals surface area contributed by atoms with Crippen LogP contribution in [-0.2, 0) is 11.8 Å². The van der Waals surface area contributed by atoms with Gasteiger partial charge in [0.25, 0.3) is 0 Å². The van der Waals surface area contributed by atoms with Gasteiger partial charge in [-0.05, 0) is 69.7 Å². The Labute approximate surface area is 154 Å². The Bertz CT molecular complexity index is 779. The molecule has 140 valence electrons. The number of rotatable bonds is 3. The fraction of sp³-hybridized carbons (Fsp3) is 0.714. The molecule has 2 saturated carbocycles. The van der Waals surface area contributed by atoms with E-state index in [0.29, 0.717) is 5.75 Å². The van der Waals surface area contributed by atoms with Crippen LogP contribution < -0.4 is 10.1 Å². The lowest BCUT2D eigenvalue weighted by Crippen LogP contribution is -2.81. The molecule has 5 atom stereocenters. The Hall–Kier alpha value is -1.30. The van der Waals surface area contributed by atoms with Crippen molar-refractivity contribution in [1.82, 2.24) is 10.2 Å². The van der Waals surface area contributed by atoms with Crippen molar-refractivity contribution < 1.29 is 14.9 Å². The van der Waals surface area contributed by atoms with E-state index in [1.807, 2.05) is 7.05 Å². The maximum Gasteiger partial charge on any atom is 0.165 e. The predicted molar refractivity (Wildman–Crippen MR) is 97.6 cm³/mol. The zero-order valence-electron chi connectivity index (χ0n) is 15.4. The average Bonchev–Trinajstić information content (AvgIpc) is 3.37. The SMILES string of the molecule is CN[C@@H]1CC[C@@H]2Oc3c(O)ccc4c3[C@@]23CCN(CC2CC2)[C@H](C4)[C@]13O. The Morgan fingerprint density at radius 1 is 1.27 bits per heavy atom. The van der Waals surface area contributed by atoms with Crippen LogP contribution in [0, 0.1) is 5.92 Å². The van der Waals surface area contributed by atoms with Gasteiger partial charge >= 0.3 is 0 Å².